The molecule has 18 heavy (non-hydrogen) atoms. The summed E-state index contributed by atoms with van der Waals surface area (Å²) in [7, 11) is 4.06. The molecule has 6 heteroatoms. The van der Waals surface area contributed by atoms with Gasteiger partial charge in [-0.1, -0.05) is 12.1 Å². The quantitative estimate of drug-likeness (QED) is 0.788. The van der Waals surface area contributed by atoms with Crippen LogP contribution < -0.4 is 0 Å². The molecule has 1 aromatic heterocycles. The summed E-state index contributed by atoms with van der Waals surface area (Å²) >= 11 is 0. The Hall–Kier alpha value is -1.40. The fourth-order valence-electron chi connectivity index (χ4n) is 1.91. The first kappa shape index (κ1) is 14.7. The van der Waals surface area contributed by atoms with Crippen molar-refractivity contribution in [2.45, 2.75) is 26.4 Å². The smallest absolute Gasteiger partial charge is 0.358 e. The Morgan fingerprint density at radius 2 is 2.22 bits per heavy atom. The highest BCUT2D eigenvalue weighted by Gasteiger charge is 2.17. The summed E-state index contributed by atoms with van der Waals surface area (Å²) in [6.45, 7) is 6.59. The van der Waals surface area contributed by atoms with Crippen LogP contribution in [0.15, 0.2) is 10.6 Å². The van der Waals surface area contributed by atoms with Crippen LogP contribution in [0.2, 0.25) is 0 Å². The molecule has 0 aliphatic heterocycles. The van der Waals surface area contributed by atoms with E-state index < -0.39 is 5.97 Å². The maximum Gasteiger partial charge on any atom is 0.358 e. The van der Waals surface area contributed by atoms with E-state index in [0.717, 1.165) is 13.1 Å². The van der Waals surface area contributed by atoms with Crippen molar-refractivity contribution in [3.8, 4) is 0 Å². The van der Waals surface area contributed by atoms with Crippen molar-refractivity contribution in [2.75, 3.05) is 27.2 Å². The fourth-order valence-corrected chi connectivity index (χ4v) is 1.91. The number of carboxylic acids is 1. The number of rotatable bonds is 7. The van der Waals surface area contributed by atoms with Crippen molar-refractivity contribution >= 4 is 5.97 Å². The van der Waals surface area contributed by atoms with Gasteiger partial charge in [0, 0.05) is 18.7 Å². The summed E-state index contributed by atoms with van der Waals surface area (Å²) in [5.74, 6) is -0.478. The van der Waals surface area contributed by atoms with Crippen molar-refractivity contribution in [1.29, 1.82) is 0 Å². The Bertz CT molecular complexity index is 390. The van der Waals surface area contributed by atoms with Gasteiger partial charge >= 0.3 is 5.97 Å². The Kier molecular flexibility index (Phi) is 5.30. The number of carboxylic acid groups (broad SMARTS) is 1. The molecule has 1 aromatic rings. The number of carbonyl (C=O) groups is 1. The van der Waals surface area contributed by atoms with E-state index in [2.05, 4.69) is 28.8 Å². The molecule has 0 saturated carbocycles. The van der Waals surface area contributed by atoms with E-state index in [1.54, 1.807) is 0 Å². The second-order valence-corrected chi connectivity index (χ2v) is 4.66. The Labute approximate surface area is 107 Å². The first-order chi connectivity index (χ1) is 8.43. The van der Waals surface area contributed by atoms with E-state index in [9.17, 15) is 4.79 Å². The summed E-state index contributed by atoms with van der Waals surface area (Å²) in [4.78, 5) is 15.0. The molecule has 6 nitrogen and oxygen atoms in total. The highest BCUT2D eigenvalue weighted by molar-refractivity contribution is 5.85. The zero-order valence-corrected chi connectivity index (χ0v) is 11.4. The molecule has 1 heterocycles. The van der Waals surface area contributed by atoms with Crippen LogP contribution in [0, 0.1) is 0 Å². The average Bonchev–Trinajstić information content (AvgIpc) is 2.73. The van der Waals surface area contributed by atoms with Crippen LogP contribution in [0.1, 0.15) is 30.1 Å². The molecule has 102 valence electrons. The van der Waals surface area contributed by atoms with Gasteiger partial charge in [-0.05, 0) is 27.6 Å². The molecule has 0 fully saturated rings. The maximum absolute atomic E-state index is 10.7. The molecule has 0 bridgehead atoms. The number of likely N-dealkylation sites (N-methyl/N-ethyl adjacent to an activating group) is 2. The van der Waals surface area contributed by atoms with Crippen molar-refractivity contribution in [3.05, 3.63) is 17.5 Å². The predicted molar refractivity (Wildman–Crippen MR) is 67.6 cm³/mol. The minimum Gasteiger partial charge on any atom is -0.476 e. The first-order valence-corrected chi connectivity index (χ1v) is 6.01. The molecule has 1 atom stereocenters. The lowest BCUT2D eigenvalue weighted by Crippen LogP contribution is -2.39. The van der Waals surface area contributed by atoms with Crippen LogP contribution in [-0.4, -0.2) is 59.3 Å². The van der Waals surface area contributed by atoms with Crippen LogP contribution in [0.25, 0.3) is 0 Å². The van der Waals surface area contributed by atoms with E-state index in [-0.39, 0.29) is 5.69 Å². The fraction of sp³-hybridized carbons (Fsp3) is 0.667. The van der Waals surface area contributed by atoms with Gasteiger partial charge in [0.05, 0.1) is 6.54 Å². The Morgan fingerprint density at radius 3 is 2.67 bits per heavy atom. The van der Waals surface area contributed by atoms with Gasteiger partial charge in [0.15, 0.2) is 11.5 Å². The standard InChI is InChI=1S/C12H21N3O3/c1-5-15(9(2)7-14(3)4)8-10-6-11(12(16)17)13-18-10/h6,9H,5,7-8H2,1-4H3,(H,16,17). The largest absolute Gasteiger partial charge is 0.476 e. The number of aromatic nitrogens is 1. The zero-order valence-electron chi connectivity index (χ0n) is 11.4. The average molecular weight is 255 g/mol. The van der Waals surface area contributed by atoms with Crippen LogP contribution >= 0.6 is 0 Å². The van der Waals surface area contributed by atoms with Gasteiger partial charge in [0.1, 0.15) is 0 Å². The van der Waals surface area contributed by atoms with Gasteiger partial charge in [0.2, 0.25) is 0 Å². The SMILES string of the molecule is CCN(Cc1cc(C(=O)O)no1)C(C)CN(C)C. The van der Waals surface area contributed by atoms with Crippen molar-refractivity contribution in [2.24, 2.45) is 0 Å². The summed E-state index contributed by atoms with van der Waals surface area (Å²) < 4.78 is 5.03. The van der Waals surface area contributed by atoms with Crippen LogP contribution in [0.3, 0.4) is 0 Å². The normalized spacial score (nSPS) is 13.2. The van der Waals surface area contributed by atoms with Crippen molar-refractivity contribution < 1.29 is 14.4 Å². The lowest BCUT2D eigenvalue weighted by atomic mass is 10.2. The molecule has 0 saturated heterocycles. The molecular weight excluding hydrogens is 234 g/mol. The Morgan fingerprint density at radius 1 is 1.56 bits per heavy atom. The molecule has 0 spiro atoms. The molecule has 0 radical (unpaired) electrons. The van der Waals surface area contributed by atoms with Gasteiger partial charge in [-0.15, -0.1) is 0 Å². The molecule has 0 aromatic carbocycles. The van der Waals surface area contributed by atoms with E-state index in [4.69, 9.17) is 9.63 Å². The summed E-state index contributed by atoms with van der Waals surface area (Å²) in [5, 5.41) is 12.3. The first-order valence-electron chi connectivity index (χ1n) is 6.01. The van der Waals surface area contributed by atoms with E-state index >= 15 is 0 Å². The molecule has 0 aliphatic rings. The second kappa shape index (κ2) is 6.51. The number of hydrogen-bond donors (Lipinski definition) is 1. The van der Waals surface area contributed by atoms with Gasteiger partial charge in [-0.3, -0.25) is 4.90 Å². The second-order valence-electron chi connectivity index (χ2n) is 4.66. The maximum atomic E-state index is 10.7. The minimum absolute atomic E-state index is 0.0404. The van der Waals surface area contributed by atoms with Crippen molar-refractivity contribution in [1.82, 2.24) is 15.0 Å². The van der Waals surface area contributed by atoms with E-state index in [1.807, 2.05) is 14.1 Å². The molecule has 1 N–H and O–H groups in total. The van der Waals surface area contributed by atoms with Crippen LogP contribution in [0.4, 0.5) is 0 Å². The van der Waals surface area contributed by atoms with Gasteiger partial charge in [-0.2, -0.15) is 0 Å². The van der Waals surface area contributed by atoms with E-state index in [1.165, 1.54) is 6.07 Å². The van der Waals surface area contributed by atoms with Gasteiger partial charge in [0.25, 0.3) is 0 Å². The third kappa shape index (κ3) is 4.12. The molecule has 1 unspecified atom stereocenters. The minimum atomic E-state index is -1.06. The summed E-state index contributed by atoms with van der Waals surface area (Å²) in [6, 6.07) is 1.84. The monoisotopic (exact) mass is 255 g/mol. The molecule has 0 amide bonds. The molecule has 0 aliphatic carbocycles. The highest BCUT2D eigenvalue weighted by Crippen LogP contribution is 2.10. The lowest BCUT2D eigenvalue weighted by molar-refractivity contribution is 0.0685. The predicted octanol–water partition coefficient (Wildman–Crippen LogP) is 1.14. The topological polar surface area (TPSA) is 69.8 Å². The third-order valence-electron chi connectivity index (χ3n) is 2.80. The highest BCUT2D eigenvalue weighted by atomic mass is 16.5. The lowest BCUT2D eigenvalue weighted by Gasteiger charge is -2.28. The van der Waals surface area contributed by atoms with Gasteiger partial charge in [-0.25, -0.2) is 4.79 Å². The molecular formula is C12H21N3O3. The van der Waals surface area contributed by atoms with Crippen molar-refractivity contribution in [3.63, 3.8) is 0 Å². The molecule has 1 rings (SSSR count). The third-order valence-corrected chi connectivity index (χ3v) is 2.80. The van der Waals surface area contributed by atoms with Crippen LogP contribution in [-0.2, 0) is 6.54 Å². The zero-order chi connectivity index (χ0) is 13.7. The number of nitrogens with zero attached hydrogens (tertiary/aromatic N) is 3. The van der Waals surface area contributed by atoms with Gasteiger partial charge < -0.3 is 14.5 Å². The van der Waals surface area contributed by atoms with E-state index in [0.29, 0.717) is 18.3 Å². The van der Waals surface area contributed by atoms with Crippen LogP contribution in [0.5, 0.6) is 0 Å². The Balaban J connectivity index is 2.64. The number of hydrogen-bond acceptors (Lipinski definition) is 5. The summed E-state index contributed by atoms with van der Waals surface area (Å²) in [5.41, 5.74) is -0.0404. The number of aromatic carboxylic acids is 1. The summed E-state index contributed by atoms with van der Waals surface area (Å²) in [6.07, 6.45) is 0.